The van der Waals surface area contributed by atoms with Crippen LogP contribution < -0.4 is 10.5 Å². The van der Waals surface area contributed by atoms with Gasteiger partial charge in [0.2, 0.25) is 0 Å². The minimum atomic E-state index is 0.720. The summed E-state index contributed by atoms with van der Waals surface area (Å²) in [5, 5.41) is 0. The molecule has 0 aliphatic carbocycles. The van der Waals surface area contributed by atoms with Gasteiger partial charge in [-0.15, -0.1) is 0 Å². The molecule has 1 aromatic heterocycles. The third-order valence-corrected chi connectivity index (χ3v) is 3.62. The van der Waals surface area contributed by atoms with Crippen molar-refractivity contribution in [1.82, 2.24) is 9.71 Å². The number of rotatable bonds is 5. The first-order chi connectivity index (χ1) is 10.8. The molecule has 110 valence electrons. The molecule has 3 N–H and O–H groups in total. The Labute approximate surface area is 135 Å². The van der Waals surface area contributed by atoms with Crippen molar-refractivity contribution in [2.24, 2.45) is 5.73 Å². The minimum Gasteiger partial charge on any atom is -0.404 e. The summed E-state index contributed by atoms with van der Waals surface area (Å²) in [5.41, 5.74) is 8.29. The van der Waals surface area contributed by atoms with Gasteiger partial charge in [0.05, 0.1) is 0 Å². The van der Waals surface area contributed by atoms with E-state index < -0.39 is 0 Å². The predicted octanol–water partition coefficient (Wildman–Crippen LogP) is 3.26. The highest BCUT2D eigenvalue weighted by atomic mass is 32.2. The molecule has 2 aromatic rings. The van der Waals surface area contributed by atoms with Crippen LogP contribution in [0.5, 0.6) is 0 Å². The summed E-state index contributed by atoms with van der Waals surface area (Å²) in [6.07, 6.45) is 6.68. The Morgan fingerprint density at radius 3 is 2.59 bits per heavy atom. The molecule has 0 amide bonds. The molecule has 0 aliphatic rings. The summed E-state index contributed by atoms with van der Waals surface area (Å²) in [7, 11) is 0. The third-order valence-electron chi connectivity index (χ3n) is 2.82. The molecule has 0 saturated heterocycles. The smallest absolute Gasteiger partial charge is 0.0397 e. The molecule has 0 atom stereocenters. The van der Waals surface area contributed by atoms with Gasteiger partial charge in [0.25, 0.3) is 0 Å². The molecule has 0 radical (unpaired) electrons. The van der Waals surface area contributed by atoms with Crippen LogP contribution in [-0.4, -0.2) is 4.98 Å². The van der Waals surface area contributed by atoms with Crippen molar-refractivity contribution in [1.29, 1.82) is 0 Å². The summed E-state index contributed by atoms with van der Waals surface area (Å²) in [5.74, 6) is 6.01. The van der Waals surface area contributed by atoms with Gasteiger partial charge in [-0.3, -0.25) is 9.71 Å². The highest BCUT2D eigenvalue weighted by molar-refractivity contribution is 7.97. The number of nitrogens with zero attached hydrogens (tertiary/aromatic N) is 1. The fraction of sp³-hybridized carbons (Fsp3) is 0.0556. The largest absolute Gasteiger partial charge is 0.404 e. The number of hydrogen-bond donors (Lipinski definition) is 2. The van der Waals surface area contributed by atoms with Crippen molar-refractivity contribution in [3.8, 4) is 11.8 Å². The molecule has 2 rings (SSSR count). The lowest BCUT2D eigenvalue weighted by Crippen LogP contribution is -2.02. The third kappa shape index (κ3) is 5.13. The summed E-state index contributed by atoms with van der Waals surface area (Å²) in [6, 6.07) is 12.0. The molecule has 0 saturated carbocycles. The molecule has 3 nitrogen and oxygen atoms in total. The number of nitrogens with two attached hydrogens (primary N) is 1. The van der Waals surface area contributed by atoms with Crippen LogP contribution in [0.4, 0.5) is 0 Å². The minimum absolute atomic E-state index is 0.720. The van der Waals surface area contributed by atoms with Gasteiger partial charge in [-0.05, 0) is 53.9 Å². The van der Waals surface area contributed by atoms with Crippen LogP contribution in [0.2, 0.25) is 0 Å². The Morgan fingerprint density at radius 1 is 1.23 bits per heavy atom. The van der Waals surface area contributed by atoms with E-state index in [2.05, 4.69) is 28.1 Å². The van der Waals surface area contributed by atoms with E-state index in [9.17, 15) is 0 Å². The van der Waals surface area contributed by atoms with Gasteiger partial charge in [0.1, 0.15) is 0 Å². The van der Waals surface area contributed by atoms with Crippen molar-refractivity contribution in [3.05, 3.63) is 84.3 Å². The first-order valence-electron chi connectivity index (χ1n) is 6.77. The second kappa shape index (κ2) is 8.73. The topological polar surface area (TPSA) is 50.9 Å². The Hall–Kier alpha value is -2.48. The van der Waals surface area contributed by atoms with E-state index in [-0.39, 0.29) is 0 Å². The van der Waals surface area contributed by atoms with Crippen molar-refractivity contribution in [2.75, 3.05) is 0 Å². The molecular weight excluding hydrogens is 290 g/mol. The van der Waals surface area contributed by atoms with Crippen LogP contribution in [0, 0.1) is 11.8 Å². The van der Waals surface area contributed by atoms with Crippen LogP contribution in [0.1, 0.15) is 11.1 Å². The molecule has 1 aromatic carbocycles. The van der Waals surface area contributed by atoms with Gasteiger partial charge < -0.3 is 5.73 Å². The fourth-order valence-electron chi connectivity index (χ4n) is 1.61. The van der Waals surface area contributed by atoms with E-state index in [1.54, 1.807) is 30.4 Å². The average molecular weight is 307 g/mol. The zero-order valence-corrected chi connectivity index (χ0v) is 12.9. The number of benzene rings is 1. The summed E-state index contributed by atoms with van der Waals surface area (Å²) in [4.78, 5) is 5.13. The molecule has 22 heavy (non-hydrogen) atoms. The molecule has 0 bridgehead atoms. The van der Waals surface area contributed by atoms with Gasteiger partial charge in [-0.1, -0.05) is 24.5 Å². The zero-order valence-electron chi connectivity index (χ0n) is 12.1. The van der Waals surface area contributed by atoms with Crippen LogP contribution in [0.3, 0.4) is 0 Å². The lowest BCUT2D eigenvalue weighted by atomic mass is 10.2. The molecule has 0 spiro atoms. The highest BCUT2D eigenvalue weighted by Gasteiger charge is 1.95. The number of nitrogens with one attached hydrogen (secondary N) is 1. The molecule has 4 heteroatoms. The van der Waals surface area contributed by atoms with E-state index >= 15 is 0 Å². The van der Waals surface area contributed by atoms with Gasteiger partial charge in [0, 0.05) is 41.2 Å². The van der Waals surface area contributed by atoms with Gasteiger partial charge >= 0.3 is 0 Å². The molecule has 1 heterocycles. The quantitative estimate of drug-likeness (QED) is 0.506. The van der Waals surface area contributed by atoms with E-state index in [4.69, 9.17) is 5.73 Å². The van der Waals surface area contributed by atoms with E-state index in [1.165, 1.54) is 11.8 Å². The Bertz CT molecular complexity index is 695. The maximum atomic E-state index is 5.42. The predicted molar refractivity (Wildman–Crippen MR) is 92.7 cm³/mol. The van der Waals surface area contributed by atoms with Gasteiger partial charge in [0.15, 0.2) is 0 Å². The first kappa shape index (κ1) is 15.9. The lowest BCUT2D eigenvalue weighted by molar-refractivity contribution is 0.969. The summed E-state index contributed by atoms with van der Waals surface area (Å²) >= 11 is 1.59. The molecule has 0 unspecified atom stereocenters. The normalized spacial score (nSPS) is 10.6. The summed E-state index contributed by atoms with van der Waals surface area (Å²) < 4.78 is 3.32. The maximum absolute atomic E-state index is 5.42. The number of aromatic nitrogens is 1. The summed E-state index contributed by atoms with van der Waals surface area (Å²) in [6.45, 7) is 4.44. The van der Waals surface area contributed by atoms with Crippen molar-refractivity contribution in [2.45, 2.75) is 11.4 Å². The molecule has 0 aliphatic heterocycles. The zero-order chi connectivity index (χ0) is 15.6. The SMILES string of the molecule is C=C/C(C#Cc1ccc(SNCc2ccncc2)cc1)=C\N. The maximum Gasteiger partial charge on any atom is 0.0397 e. The number of pyridine rings is 1. The van der Waals surface area contributed by atoms with Crippen molar-refractivity contribution < 1.29 is 0 Å². The fourth-order valence-corrected chi connectivity index (χ4v) is 2.29. The van der Waals surface area contributed by atoms with Crippen LogP contribution in [-0.2, 0) is 6.54 Å². The van der Waals surface area contributed by atoms with Crippen LogP contribution in [0.15, 0.2) is 78.1 Å². The van der Waals surface area contributed by atoms with E-state index in [0.717, 1.165) is 22.6 Å². The lowest BCUT2D eigenvalue weighted by Gasteiger charge is -2.04. The molecular formula is C18H17N3S. The Morgan fingerprint density at radius 2 is 1.95 bits per heavy atom. The number of allylic oxidation sites excluding steroid dienone is 2. The highest BCUT2D eigenvalue weighted by Crippen LogP contribution is 2.15. The Balaban J connectivity index is 1.88. The van der Waals surface area contributed by atoms with E-state index in [0.29, 0.717) is 0 Å². The van der Waals surface area contributed by atoms with E-state index in [1.807, 2.05) is 36.4 Å². The Kier molecular flexibility index (Phi) is 6.31. The second-order valence-electron chi connectivity index (χ2n) is 4.38. The van der Waals surface area contributed by atoms with Gasteiger partial charge in [-0.25, -0.2) is 0 Å². The van der Waals surface area contributed by atoms with Gasteiger partial charge in [-0.2, -0.15) is 0 Å². The standard InChI is InChI=1S/C18H17N3S/c1-2-15(13-19)3-4-16-5-7-18(8-6-16)22-21-14-17-9-11-20-12-10-17/h2,5-13,21H,1,14,19H2/b15-13+. The average Bonchev–Trinajstić information content (AvgIpc) is 2.58. The monoisotopic (exact) mass is 307 g/mol. The van der Waals surface area contributed by atoms with Crippen LogP contribution >= 0.6 is 11.9 Å². The second-order valence-corrected chi connectivity index (χ2v) is 5.34. The molecule has 0 fully saturated rings. The van der Waals surface area contributed by atoms with Crippen LogP contribution in [0.25, 0.3) is 0 Å². The first-order valence-corrected chi connectivity index (χ1v) is 7.58. The van der Waals surface area contributed by atoms with Crippen molar-refractivity contribution in [3.63, 3.8) is 0 Å². The van der Waals surface area contributed by atoms with Crippen molar-refractivity contribution >= 4 is 11.9 Å². The number of hydrogen-bond acceptors (Lipinski definition) is 4.